The highest BCUT2D eigenvalue weighted by Gasteiger charge is 2.21. The summed E-state index contributed by atoms with van der Waals surface area (Å²) in [4.78, 5) is 2.58. The molecule has 1 aliphatic heterocycles. The highest BCUT2D eigenvalue weighted by atomic mass is 15.1. The third-order valence-corrected chi connectivity index (χ3v) is 4.05. The van der Waals surface area contributed by atoms with E-state index in [2.05, 4.69) is 37.8 Å². The lowest BCUT2D eigenvalue weighted by atomic mass is 9.93. The van der Waals surface area contributed by atoms with Crippen molar-refractivity contribution in [2.45, 2.75) is 40.0 Å². The number of nitrogens with zero attached hydrogens (tertiary/aromatic N) is 1. The number of piperidine rings is 1. The molecule has 0 saturated carbocycles. The average molecular weight is 246 g/mol. The van der Waals surface area contributed by atoms with E-state index in [0.717, 1.165) is 12.5 Å². The minimum absolute atomic E-state index is 0.781. The Morgan fingerprint density at radius 2 is 1.89 bits per heavy atom. The molecule has 0 amide bonds. The predicted molar refractivity (Wildman–Crippen MR) is 79.3 cm³/mol. The lowest BCUT2D eigenvalue weighted by molar-refractivity contribution is 0.395. The molecule has 2 nitrogen and oxygen atoms in total. The van der Waals surface area contributed by atoms with Crippen LogP contribution in [-0.2, 0) is 0 Å². The molecule has 1 aromatic carbocycles. The summed E-state index contributed by atoms with van der Waals surface area (Å²) in [7, 11) is 0. The van der Waals surface area contributed by atoms with Gasteiger partial charge < -0.3 is 10.6 Å². The smallest absolute Gasteiger partial charge is 0.0425 e. The number of hydrogen-bond donors (Lipinski definition) is 1. The monoisotopic (exact) mass is 246 g/mol. The molecule has 1 aromatic rings. The van der Waals surface area contributed by atoms with Crippen molar-refractivity contribution < 1.29 is 0 Å². The molecular formula is C16H26N2. The van der Waals surface area contributed by atoms with Gasteiger partial charge in [-0.05, 0) is 63.6 Å². The minimum Gasteiger partial charge on any atom is -0.371 e. The normalized spacial score (nSPS) is 20.2. The van der Waals surface area contributed by atoms with E-state index in [-0.39, 0.29) is 0 Å². The van der Waals surface area contributed by atoms with Crippen molar-refractivity contribution in [1.29, 1.82) is 0 Å². The van der Waals surface area contributed by atoms with Gasteiger partial charge in [0.2, 0.25) is 0 Å². The molecule has 1 atom stereocenters. The van der Waals surface area contributed by atoms with Crippen LogP contribution in [0.5, 0.6) is 0 Å². The molecule has 1 fully saturated rings. The second-order valence-electron chi connectivity index (χ2n) is 5.78. The first kappa shape index (κ1) is 13.4. The van der Waals surface area contributed by atoms with E-state index in [1.54, 1.807) is 0 Å². The van der Waals surface area contributed by atoms with Gasteiger partial charge in [0.05, 0.1) is 0 Å². The van der Waals surface area contributed by atoms with E-state index >= 15 is 0 Å². The lowest BCUT2D eigenvalue weighted by Crippen LogP contribution is -2.37. The van der Waals surface area contributed by atoms with Crippen molar-refractivity contribution in [3.63, 3.8) is 0 Å². The molecule has 1 aliphatic rings. The van der Waals surface area contributed by atoms with Crippen LogP contribution in [0, 0.1) is 26.7 Å². The highest BCUT2D eigenvalue weighted by molar-refractivity contribution is 5.60. The van der Waals surface area contributed by atoms with Crippen LogP contribution in [-0.4, -0.2) is 19.6 Å². The van der Waals surface area contributed by atoms with Crippen LogP contribution in [0.15, 0.2) is 12.1 Å². The summed E-state index contributed by atoms with van der Waals surface area (Å²) in [6.45, 7) is 9.86. The maximum atomic E-state index is 5.70. The zero-order valence-electron chi connectivity index (χ0n) is 12.0. The summed E-state index contributed by atoms with van der Waals surface area (Å²) in [5.74, 6) is 0.781. The van der Waals surface area contributed by atoms with Crippen molar-refractivity contribution in [1.82, 2.24) is 0 Å². The molecule has 0 spiro atoms. The second-order valence-corrected chi connectivity index (χ2v) is 5.78. The van der Waals surface area contributed by atoms with Crippen LogP contribution in [0.2, 0.25) is 0 Å². The minimum atomic E-state index is 0.781. The molecule has 2 heteroatoms. The fourth-order valence-electron chi connectivity index (χ4n) is 3.41. The van der Waals surface area contributed by atoms with Crippen molar-refractivity contribution in [2.24, 2.45) is 11.7 Å². The number of rotatable bonds is 3. The van der Waals surface area contributed by atoms with Crippen molar-refractivity contribution in [2.75, 3.05) is 24.5 Å². The fraction of sp³-hybridized carbons (Fsp3) is 0.625. The lowest BCUT2D eigenvalue weighted by Gasteiger charge is -2.36. The summed E-state index contributed by atoms with van der Waals surface area (Å²) in [6.07, 6.45) is 3.82. The van der Waals surface area contributed by atoms with Gasteiger partial charge in [0.15, 0.2) is 0 Å². The zero-order chi connectivity index (χ0) is 13.1. The van der Waals surface area contributed by atoms with E-state index < -0.39 is 0 Å². The first-order chi connectivity index (χ1) is 8.61. The molecule has 2 rings (SSSR count). The third-order valence-electron chi connectivity index (χ3n) is 4.05. The van der Waals surface area contributed by atoms with Gasteiger partial charge in [0, 0.05) is 18.8 Å². The first-order valence-electron chi connectivity index (χ1n) is 7.14. The topological polar surface area (TPSA) is 29.3 Å². The molecule has 0 aliphatic carbocycles. The van der Waals surface area contributed by atoms with Gasteiger partial charge in [-0.1, -0.05) is 17.7 Å². The van der Waals surface area contributed by atoms with E-state index in [9.17, 15) is 0 Å². The van der Waals surface area contributed by atoms with Crippen molar-refractivity contribution in [3.05, 3.63) is 28.8 Å². The van der Waals surface area contributed by atoms with Crippen LogP contribution in [0.3, 0.4) is 0 Å². The molecule has 18 heavy (non-hydrogen) atoms. The largest absolute Gasteiger partial charge is 0.371 e. The van der Waals surface area contributed by atoms with E-state index in [0.29, 0.717) is 0 Å². The van der Waals surface area contributed by atoms with Crippen LogP contribution in [0.25, 0.3) is 0 Å². The molecule has 1 heterocycles. The summed E-state index contributed by atoms with van der Waals surface area (Å²) in [5, 5.41) is 0. The molecule has 1 unspecified atom stereocenters. The Bertz CT molecular complexity index is 387. The van der Waals surface area contributed by atoms with Crippen LogP contribution in [0.1, 0.15) is 36.0 Å². The van der Waals surface area contributed by atoms with Crippen LogP contribution in [0.4, 0.5) is 5.69 Å². The van der Waals surface area contributed by atoms with E-state index in [4.69, 9.17) is 5.73 Å². The van der Waals surface area contributed by atoms with Gasteiger partial charge in [-0.3, -0.25) is 0 Å². The third kappa shape index (κ3) is 2.86. The Hall–Kier alpha value is -1.02. The Kier molecular flexibility index (Phi) is 4.28. The predicted octanol–water partition coefficient (Wildman–Crippen LogP) is 3.18. The number of hydrogen-bond acceptors (Lipinski definition) is 2. The Balaban J connectivity index is 2.20. The number of anilines is 1. The zero-order valence-corrected chi connectivity index (χ0v) is 12.0. The highest BCUT2D eigenvalue weighted by Crippen LogP contribution is 2.30. The molecule has 0 bridgehead atoms. The van der Waals surface area contributed by atoms with Gasteiger partial charge in [-0.15, -0.1) is 0 Å². The number of nitrogens with two attached hydrogens (primary N) is 1. The fourth-order valence-corrected chi connectivity index (χ4v) is 3.41. The first-order valence-corrected chi connectivity index (χ1v) is 7.14. The SMILES string of the molecule is Cc1cc(C)c(N2CCCC(CCN)C2)c(C)c1. The summed E-state index contributed by atoms with van der Waals surface area (Å²) >= 11 is 0. The Labute approximate surface area is 111 Å². The van der Waals surface area contributed by atoms with Crippen LogP contribution < -0.4 is 10.6 Å². The molecule has 100 valence electrons. The average Bonchev–Trinajstić information content (AvgIpc) is 2.28. The molecule has 0 radical (unpaired) electrons. The van der Waals surface area contributed by atoms with Crippen molar-refractivity contribution in [3.8, 4) is 0 Å². The van der Waals surface area contributed by atoms with Crippen molar-refractivity contribution >= 4 is 5.69 Å². The number of aryl methyl sites for hydroxylation is 3. The second kappa shape index (κ2) is 5.75. The molecule has 2 N–H and O–H groups in total. The maximum absolute atomic E-state index is 5.70. The Morgan fingerprint density at radius 1 is 1.22 bits per heavy atom. The summed E-state index contributed by atoms with van der Waals surface area (Å²) in [6, 6.07) is 4.60. The summed E-state index contributed by atoms with van der Waals surface area (Å²) in [5.41, 5.74) is 11.4. The van der Waals surface area contributed by atoms with Gasteiger partial charge in [-0.25, -0.2) is 0 Å². The van der Waals surface area contributed by atoms with Gasteiger partial charge >= 0.3 is 0 Å². The standard InChI is InChI=1S/C16H26N2/c1-12-9-13(2)16(14(3)10-12)18-8-4-5-15(11-18)6-7-17/h9-10,15H,4-8,11,17H2,1-3H3. The van der Waals surface area contributed by atoms with Gasteiger partial charge in [0.25, 0.3) is 0 Å². The molecule has 0 aromatic heterocycles. The van der Waals surface area contributed by atoms with Crippen LogP contribution >= 0.6 is 0 Å². The summed E-state index contributed by atoms with van der Waals surface area (Å²) < 4.78 is 0. The van der Waals surface area contributed by atoms with E-state index in [1.165, 1.54) is 54.7 Å². The van der Waals surface area contributed by atoms with E-state index in [1.807, 2.05) is 0 Å². The molecular weight excluding hydrogens is 220 g/mol. The molecule has 1 saturated heterocycles. The Morgan fingerprint density at radius 3 is 2.50 bits per heavy atom. The number of benzene rings is 1. The quantitative estimate of drug-likeness (QED) is 0.887. The maximum Gasteiger partial charge on any atom is 0.0425 e. The van der Waals surface area contributed by atoms with Gasteiger partial charge in [-0.2, -0.15) is 0 Å². The van der Waals surface area contributed by atoms with Gasteiger partial charge in [0.1, 0.15) is 0 Å².